The second-order valence-corrected chi connectivity index (χ2v) is 2.91. The molecule has 0 radical (unpaired) electrons. The molecule has 0 fully saturated rings. The Morgan fingerprint density at radius 1 is 1.57 bits per heavy atom. The summed E-state index contributed by atoms with van der Waals surface area (Å²) in [5, 5.41) is 0. The number of carbonyl (C=O) groups is 1. The lowest BCUT2D eigenvalue weighted by Gasteiger charge is -2.06. The lowest BCUT2D eigenvalue weighted by atomic mass is 10.1. The molecule has 1 aromatic rings. The first kappa shape index (κ1) is 10.5. The topological polar surface area (TPSA) is 52.3 Å². The molecular formula is C10H12FNO2. The van der Waals surface area contributed by atoms with Crippen LogP contribution in [-0.2, 0) is 4.74 Å². The Bertz CT molecular complexity index is 363. The van der Waals surface area contributed by atoms with Crippen LogP contribution in [0.5, 0.6) is 0 Å². The molecule has 4 heteroatoms. The molecule has 14 heavy (non-hydrogen) atoms. The number of esters is 1. The Hall–Kier alpha value is -1.58. The van der Waals surface area contributed by atoms with Crippen LogP contribution in [0.15, 0.2) is 12.1 Å². The van der Waals surface area contributed by atoms with Gasteiger partial charge in [0, 0.05) is 0 Å². The summed E-state index contributed by atoms with van der Waals surface area (Å²) in [4.78, 5) is 11.3. The molecule has 3 nitrogen and oxygen atoms in total. The Kier molecular flexibility index (Phi) is 3.06. The van der Waals surface area contributed by atoms with Crippen molar-refractivity contribution in [2.45, 2.75) is 13.8 Å². The fourth-order valence-electron chi connectivity index (χ4n) is 1.12. The number of hydrogen-bond acceptors (Lipinski definition) is 3. The maximum absolute atomic E-state index is 12.9. The molecule has 0 heterocycles. The maximum Gasteiger partial charge on any atom is 0.338 e. The summed E-state index contributed by atoms with van der Waals surface area (Å²) < 4.78 is 17.7. The first-order chi connectivity index (χ1) is 6.56. The molecule has 0 atom stereocenters. The minimum atomic E-state index is -0.518. The highest BCUT2D eigenvalue weighted by molar-refractivity contribution is 5.92. The normalized spacial score (nSPS) is 9.93. The predicted molar refractivity (Wildman–Crippen MR) is 51.5 cm³/mol. The van der Waals surface area contributed by atoms with E-state index in [0.717, 1.165) is 0 Å². The summed E-state index contributed by atoms with van der Waals surface area (Å²) in [5.74, 6) is -0.993. The van der Waals surface area contributed by atoms with Crippen molar-refractivity contribution in [1.29, 1.82) is 0 Å². The van der Waals surface area contributed by atoms with E-state index in [1.807, 2.05) is 0 Å². The van der Waals surface area contributed by atoms with Gasteiger partial charge in [-0.05, 0) is 31.5 Å². The third-order valence-corrected chi connectivity index (χ3v) is 1.84. The molecule has 0 amide bonds. The van der Waals surface area contributed by atoms with Crippen LogP contribution >= 0.6 is 0 Å². The van der Waals surface area contributed by atoms with Crippen LogP contribution in [-0.4, -0.2) is 12.6 Å². The van der Waals surface area contributed by atoms with Gasteiger partial charge in [-0.25, -0.2) is 9.18 Å². The van der Waals surface area contributed by atoms with E-state index in [1.54, 1.807) is 13.8 Å². The summed E-state index contributed by atoms with van der Waals surface area (Å²) in [6.45, 7) is 3.63. The summed E-state index contributed by atoms with van der Waals surface area (Å²) in [5.41, 5.74) is 6.13. The fraction of sp³-hybridized carbons (Fsp3) is 0.300. The number of nitrogens with two attached hydrogens (primary N) is 1. The number of nitrogen functional groups attached to an aromatic ring is 1. The van der Waals surface area contributed by atoms with Crippen molar-refractivity contribution in [2.75, 3.05) is 12.3 Å². The van der Waals surface area contributed by atoms with Gasteiger partial charge in [-0.1, -0.05) is 0 Å². The molecule has 2 N–H and O–H groups in total. The van der Waals surface area contributed by atoms with Gasteiger partial charge in [-0.3, -0.25) is 0 Å². The molecule has 0 aliphatic carbocycles. The first-order valence-corrected chi connectivity index (χ1v) is 4.29. The average Bonchev–Trinajstić information content (AvgIpc) is 2.11. The Balaban J connectivity index is 3.09. The fourth-order valence-corrected chi connectivity index (χ4v) is 1.12. The van der Waals surface area contributed by atoms with Gasteiger partial charge in [-0.15, -0.1) is 0 Å². The van der Waals surface area contributed by atoms with Crippen LogP contribution in [0.25, 0.3) is 0 Å². The molecule has 0 unspecified atom stereocenters. The SMILES string of the molecule is CCOC(=O)c1cc(N)c(F)cc1C. The molecule has 1 aromatic carbocycles. The molecule has 0 bridgehead atoms. The third-order valence-electron chi connectivity index (χ3n) is 1.84. The van der Waals surface area contributed by atoms with Gasteiger partial charge >= 0.3 is 5.97 Å². The second kappa shape index (κ2) is 4.09. The van der Waals surface area contributed by atoms with Crippen molar-refractivity contribution >= 4 is 11.7 Å². The second-order valence-electron chi connectivity index (χ2n) is 2.91. The van der Waals surface area contributed by atoms with E-state index in [2.05, 4.69) is 0 Å². The van der Waals surface area contributed by atoms with E-state index < -0.39 is 11.8 Å². The zero-order valence-corrected chi connectivity index (χ0v) is 8.13. The quantitative estimate of drug-likeness (QED) is 0.581. The molecule has 0 saturated carbocycles. The molecule has 76 valence electrons. The van der Waals surface area contributed by atoms with Crippen LogP contribution in [0.2, 0.25) is 0 Å². The molecule has 0 aliphatic rings. The van der Waals surface area contributed by atoms with Gasteiger partial charge in [0.05, 0.1) is 17.9 Å². The monoisotopic (exact) mass is 197 g/mol. The van der Waals surface area contributed by atoms with Crippen molar-refractivity contribution in [2.24, 2.45) is 0 Å². The highest BCUT2D eigenvalue weighted by atomic mass is 19.1. The van der Waals surface area contributed by atoms with Gasteiger partial charge in [0.1, 0.15) is 5.82 Å². The Morgan fingerprint density at radius 2 is 2.21 bits per heavy atom. The van der Waals surface area contributed by atoms with E-state index in [4.69, 9.17) is 10.5 Å². The molecule has 1 rings (SSSR count). The van der Waals surface area contributed by atoms with Crippen LogP contribution < -0.4 is 5.73 Å². The highest BCUT2D eigenvalue weighted by Crippen LogP contribution is 2.17. The van der Waals surface area contributed by atoms with Crippen molar-refractivity contribution in [3.05, 3.63) is 29.1 Å². The van der Waals surface area contributed by atoms with Gasteiger partial charge in [0.25, 0.3) is 0 Å². The molecule has 0 aromatic heterocycles. The summed E-state index contributed by atoms with van der Waals surface area (Å²) in [7, 11) is 0. The third kappa shape index (κ3) is 2.02. The zero-order valence-electron chi connectivity index (χ0n) is 8.13. The lowest BCUT2D eigenvalue weighted by Crippen LogP contribution is -2.08. The highest BCUT2D eigenvalue weighted by Gasteiger charge is 2.12. The number of aryl methyl sites for hydroxylation is 1. The number of benzene rings is 1. The van der Waals surface area contributed by atoms with Crippen LogP contribution in [0.4, 0.5) is 10.1 Å². The summed E-state index contributed by atoms with van der Waals surface area (Å²) >= 11 is 0. The van der Waals surface area contributed by atoms with Crippen molar-refractivity contribution in [3.8, 4) is 0 Å². The average molecular weight is 197 g/mol. The van der Waals surface area contributed by atoms with Crippen LogP contribution in [0.3, 0.4) is 0 Å². The minimum Gasteiger partial charge on any atom is -0.462 e. The molecular weight excluding hydrogens is 185 g/mol. The molecule has 0 saturated heterocycles. The first-order valence-electron chi connectivity index (χ1n) is 4.29. The smallest absolute Gasteiger partial charge is 0.338 e. The van der Waals surface area contributed by atoms with Crippen molar-refractivity contribution in [1.82, 2.24) is 0 Å². The molecule has 0 spiro atoms. The van der Waals surface area contributed by atoms with E-state index in [1.165, 1.54) is 12.1 Å². The number of rotatable bonds is 2. The van der Waals surface area contributed by atoms with Gasteiger partial charge < -0.3 is 10.5 Å². The van der Waals surface area contributed by atoms with Gasteiger partial charge in [0.2, 0.25) is 0 Å². The minimum absolute atomic E-state index is 0.0429. The van der Waals surface area contributed by atoms with Crippen LogP contribution in [0.1, 0.15) is 22.8 Å². The van der Waals surface area contributed by atoms with Crippen LogP contribution in [0, 0.1) is 12.7 Å². The largest absolute Gasteiger partial charge is 0.462 e. The number of carbonyl (C=O) groups excluding carboxylic acids is 1. The van der Waals surface area contributed by atoms with E-state index >= 15 is 0 Å². The zero-order chi connectivity index (χ0) is 10.7. The Morgan fingerprint density at radius 3 is 2.79 bits per heavy atom. The number of hydrogen-bond donors (Lipinski definition) is 1. The van der Waals surface area contributed by atoms with Gasteiger partial charge in [-0.2, -0.15) is 0 Å². The number of anilines is 1. The van der Waals surface area contributed by atoms with E-state index in [-0.39, 0.29) is 12.3 Å². The number of ether oxygens (including phenoxy) is 1. The van der Waals surface area contributed by atoms with E-state index in [0.29, 0.717) is 11.1 Å². The Labute approximate surface area is 81.7 Å². The molecule has 0 aliphatic heterocycles. The van der Waals surface area contributed by atoms with Crippen molar-refractivity contribution < 1.29 is 13.9 Å². The number of halogens is 1. The van der Waals surface area contributed by atoms with E-state index in [9.17, 15) is 9.18 Å². The standard InChI is InChI=1S/C10H12FNO2/c1-3-14-10(13)7-5-9(12)8(11)4-6(7)2/h4-5H,3,12H2,1-2H3. The predicted octanol–water partition coefficient (Wildman–Crippen LogP) is 1.89. The maximum atomic E-state index is 12.9. The van der Waals surface area contributed by atoms with Crippen molar-refractivity contribution in [3.63, 3.8) is 0 Å². The van der Waals surface area contributed by atoms with Gasteiger partial charge in [0.15, 0.2) is 0 Å². The summed E-state index contributed by atoms with van der Waals surface area (Å²) in [6.07, 6.45) is 0. The summed E-state index contributed by atoms with van der Waals surface area (Å²) in [6, 6.07) is 2.52. The lowest BCUT2D eigenvalue weighted by molar-refractivity contribution is 0.0525.